The van der Waals surface area contributed by atoms with Crippen LogP contribution in [0.2, 0.25) is 0 Å². The lowest BCUT2D eigenvalue weighted by Gasteiger charge is -2.34. The number of anilines is 6. The number of rotatable bonds is 5. The zero-order valence-electron chi connectivity index (χ0n) is 27.5. The van der Waals surface area contributed by atoms with Crippen LogP contribution in [0.3, 0.4) is 0 Å². The van der Waals surface area contributed by atoms with E-state index in [1.807, 2.05) is 24.3 Å². The summed E-state index contributed by atoms with van der Waals surface area (Å²) in [6.07, 6.45) is 3.56. The summed E-state index contributed by atoms with van der Waals surface area (Å²) in [5.41, 5.74) is 10.2. The van der Waals surface area contributed by atoms with Crippen molar-refractivity contribution in [1.82, 2.24) is 9.97 Å². The third-order valence-corrected chi connectivity index (χ3v) is 9.68. The van der Waals surface area contributed by atoms with Gasteiger partial charge in [-0.05, 0) is 88.6 Å². The van der Waals surface area contributed by atoms with E-state index in [1.54, 1.807) is 12.4 Å². The third kappa shape index (κ3) is 4.86. The molecule has 5 heteroatoms. The Hall–Kier alpha value is -6.98. The summed E-state index contributed by atoms with van der Waals surface area (Å²) in [7, 11) is 0. The van der Waals surface area contributed by atoms with Crippen molar-refractivity contribution in [2.45, 2.75) is 0 Å². The SMILES string of the molecule is c1ccc(-c2ccc3c(c2)c2ccc(N4c5ccccc5Oc5cc(N(c6ccccc6)c6ccccc6)ccc54)cc2c2nccnc32)cc1. The molecule has 0 N–H and O–H groups in total. The molecule has 10 rings (SSSR count). The number of fused-ring (bicyclic) bond motifs is 8. The lowest BCUT2D eigenvalue weighted by molar-refractivity contribution is 0.477. The maximum atomic E-state index is 6.67. The van der Waals surface area contributed by atoms with Gasteiger partial charge in [-0.25, -0.2) is 0 Å². The Labute approximate surface area is 295 Å². The van der Waals surface area contributed by atoms with Crippen LogP contribution in [-0.4, -0.2) is 9.97 Å². The summed E-state index contributed by atoms with van der Waals surface area (Å²) in [6, 6.07) is 59.4. The minimum Gasteiger partial charge on any atom is -0.453 e. The maximum Gasteiger partial charge on any atom is 0.153 e. The van der Waals surface area contributed by atoms with E-state index in [-0.39, 0.29) is 0 Å². The highest BCUT2D eigenvalue weighted by Crippen LogP contribution is 2.53. The zero-order valence-corrected chi connectivity index (χ0v) is 27.5. The Morgan fingerprint density at radius 3 is 1.78 bits per heavy atom. The van der Waals surface area contributed by atoms with Gasteiger partial charge < -0.3 is 14.5 Å². The molecule has 0 atom stereocenters. The summed E-state index contributed by atoms with van der Waals surface area (Å²) in [5.74, 6) is 1.57. The van der Waals surface area contributed by atoms with Gasteiger partial charge in [0.1, 0.15) is 0 Å². The molecule has 0 amide bonds. The van der Waals surface area contributed by atoms with Crippen molar-refractivity contribution < 1.29 is 4.74 Å². The second-order valence-corrected chi connectivity index (χ2v) is 12.7. The number of hydrogen-bond acceptors (Lipinski definition) is 5. The first kappa shape index (κ1) is 29.0. The van der Waals surface area contributed by atoms with Gasteiger partial charge in [-0.15, -0.1) is 0 Å². The van der Waals surface area contributed by atoms with Crippen LogP contribution >= 0.6 is 0 Å². The van der Waals surface area contributed by atoms with Gasteiger partial charge in [0.05, 0.1) is 22.4 Å². The van der Waals surface area contributed by atoms with Gasteiger partial charge >= 0.3 is 0 Å². The zero-order chi connectivity index (χ0) is 33.7. The molecule has 1 aliphatic rings. The van der Waals surface area contributed by atoms with E-state index in [0.717, 1.165) is 78.2 Å². The van der Waals surface area contributed by atoms with Gasteiger partial charge in [-0.1, -0.05) is 97.1 Å². The minimum absolute atomic E-state index is 0.777. The summed E-state index contributed by atoms with van der Waals surface area (Å²) < 4.78 is 6.67. The maximum absolute atomic E-state index is 6.67. The highest BCUT2D eigenvalue weighted by Gasteiger charge is 2.28. The van der Waals surface area contributed by atoms with Gasteiger partial charge in [0, 0.05) is 52.0 Å². The van der Waals surface area contributed by atoms with Crippen LogP contribution < -0.4 is 14.5 Å². The van der Waals surface area contributed by atoms with Crippen LogP contribution in [0.15, 0.2) is 182 Å². The number of nitrogens with zero attached hydrogens (tertiary/aromatic N) is 4. The molecule has 1 aliphatic heterocycles. The molecule has 1 aromatic heterocycles. The number of benzene rings is 8. The second-order valence-electron chi connectivity index (χ2n) is 12.7. The molecule has 0 fully saturated rings. The Morgan fingerprint density at radius 2 is 1.04 bits per heavy atom. The molecule has 5 nitrogen and oxygen atoms in total. The molecule has 8 aromatic carbocycles. The van der Waals surface area contributed by atoms with Crippen LogP contribution in [0.4, 0.5) is 34.1 Å². The molecule has 9 aromatic rings. The van der Waals surface area contributed by atoms with Crippen molar-refractivity contribution in [3.05, 3.63) is 182 Å². The second kappa shape index (κ2) is 11.9. The smallest absolute Gasteiger partial charge is 0.153 e. The first-order valence-corrected chi connectivity index (χ1v) is 17.1. The first-order valence-electron chi connectivity index (χ1n) is 17.1. The first-order chi connectivity index (χ1) is 25.3. The van der Waals surface area contributed by atoms with Crippen molar-refractivity contribution >= 4 is 66.7 Å². The molecule has 0 unspecified atom stereocenters. The molecular formula is C46H30N4O. The molecule has 0 bridgehead atoms. The van der Waals surface area contributed by atoms with E-state index in [9.17, 15) is 0 Å². The van der Waals surface area contributed by atoms with Gasteiger partial charge in [0.2, 0.25) is 0 Å². The van der Waals surface area contributed by atoms with Crippen LogP contribution in [0.1, 0.15) is 0 Å². The fraction of sp³-hybridized carbons (Fsp3) is 0. The third-order valence-electron chi connectivity index (χ3n) is 9.68. The number of aromatic nitrogens is 2. The summed E-state index contributed by atoms with van der Waals surface area (Å²) in [4.78, 5) is 14.3. The molecule has 0 spiro atoms. The lowest BCUT2D eigenvalue weighted by Crippen LogP contribution is -2.17. The average Bonchev–Trinajstić information content (AvgIpc) is 3.21. The van der Waals surface area contributed by atoms with Crippen molar-refractivity contribution in [3.8, 4) is 22.6 Å². The van der Waals surface area contributed by atoms with Crippen LogP contribution in [0, 0.1) is 0 Å². The van der Waals surface area contributed by atoms with E-state index in [1.165, 1.54) is 11.1 Å². The highest BCUT2D eigenvalue weighted by molar-refractivity contribution is 6.24. The molecule has 0 saturated heterocycles. The van der Waals surface area contributed by atoms with Crippen LogP contribution in [-0.2, 0) is 0 Å². The van der Waals surface area contributed by atoms with Crippen molar-refractivity contribution in [2.75, 3.05) is 9.80 Å². The molecule has 0 saturated carbocycles. The van der Waals surface area contributed by atoms with E-state index in [0.29, 0.717) is 0 Å². The molecule has 2 heterocycles. The quantitative estimate of drug-likeness (QED) is 0.173. The largest absolute Gasteiger partial charge is 0.453 e. The topological polar surface area (TPSA) is 41.5 Å². The standard InChI is InChI=1S/C46H30N4O/c1-4-12-31(13-5-1)32-20-23-38-39(28-32)37-24-21-35(29-40(37)46-45(38)47-26-27-48-46)50-41-18-10-11-19-43(41)51-44-30-36(22-25-42(44)50)49(33-14-6-2-7-15-33)34-16-8-3-9-17-34/h1-30H. The van der Waals surface area contributed by atoms with Gasteiger partial charge in [-0.3, -0.25) is 9.97 Å². The van der Waals surface area contributed by atoms with Crippen molar-refractivity contribution in [1.29, 1.82) is 0 Å². The van der Waals surface area contributed by atoms with E-state index < -0.39 is 0 Å². The van der Waals surface area contributed by atoms with Crippen molar-refractivity contribution in [3.63, 3.8) is 0 Å². The van der Waals surface area contributed by atoms with Crippen molar-refractivity contribution in [2.24, 2.45) is 0 Å². The van der Waals surface area contributed by atoms with Gasteiger partial charge in [0.15, 0.2) is 11.5 Å². The predicted molar refractivity (Wildman–Crippen MR) is 209 cm³/mol. The predicted octanol–water partition coefficient (Wildman–Crippen LogP) is 12.6. The van der Waals surface area contributed by atoms with E-state index >= 15 is 0 Å². The van der Waals surface area contributed by atoms with Gasteiger partial charge in [0.25, 0.3) is 0 Å². The lowest BCUT2D eigenvalue weighted by atomic mass is 9.95. The van der Waals surface area contributed by atoms with E-state index in [2.05, 4.69) is 155 Å². The summed E-state index contributed by atoms with van der Waals surface area (Å²) in [5, 5.41) is 4.43. The molecule has 0 aliphatic carbocycles. The van der Waals surface area contributed by atoms with E-state index in [4.69, 9.17) is 14.7 Å². The number of ether oxygens (including phenoxy) is 1. The minimum atomic E-state index is 0.777. The Kier molecular flexibility index (Phi) is 6.74. The monoisotopic (exact) mass is 654 g/mol. The average molecular weight is 655 g/mol. The Morgan fingerprint density at radius 1 is 0.412 bits per heavy atom. The highest BCUT2D eigenvalue weighted by atomic mass is 16.5. The molecule has 0 radical (unpaired) electrons. The number of para-hydroxylation sites is 4. The normalized spacial score (nSPS) is 12.0. The fourth-order valence-electron chi connectivity index (χ4n) is 7.38. The Bertz CT molecular complexity index is 2690. The molecule has 240 valence electrons. The Balaban J connectivity index is 1.16. The summed E-state index contributed by atoms with van der Waals surface area (Å²) >= 11 is 0. The van der Waals surface area contributed by atoms with Crippen LogP contribution in [0.25, 0.3) is 43.7 Å². The molecule has 51 heavy (non-hydrogen) atoms. The van der Waals surface area contributed by atoms with Gasteiger partial charge in [-0.2, -0.15) is 0 Å². The van der Waals surface area contributed by atoms with Crippen LogP contribution in [0.5, 0.6) is 11.5 Å². The number of hydrogen-bond donors (Lipinski definition) is 0. The molecular weight excluding hydrogens is 625 g/mol. The summed E-state index contributed by atoms with van der Waals surface area (Å²) in [6.45, 7) is 0. The fourth-order valence-corrected chi connectivity index (χ4v) is 7.38.